The number of amides is 1. The Kier molecular flexibility index (Phi) is 6.17. The third-order valence-electron chi connectivity index (χ3n) is 5.19. The summed E-state index contributed by atoms with van der Waals surface area (Å²) < 4.78 is 7.52. The summed E-state index contributed by atoms with van der Waals surface area (Å²) in [7, 11) is 3.59. The lowest BCUT2D eigenvalue weighted by molar-refractivity contribution is 0.102. The van der Waals surface area contributed by atoms with E-state index in [1.54, 1.807) is 31.6 Å². The number of para-hydroxylation sites is 1. The van der Waals surface area contributed by atoms with E-state index in [-0.39, 0.29) is 11.9 Å². The number of aromatic nitrogens is 3. The molecule has 0 aliphatic rings. The molecule has 0 aliphatic heterocycles. The molecule has 0 saturated heterocycles. The SMILES string of the molecule is COc1ccccc1C(Nc1ccc(C(=O)Nc2ccc(C)cc2)cn1)c1nccn1C. The van der Waals surface area contributed by atoms with E-state index in [4.69, 9.17) is 4.74 Å². The van der Waals surface area contributed by atoms with Crippen molar-refractivity contribution in [3.05, 3.63) is 102 Å². The maximum Gasteiger partial charge on any atom is 0.257 e. The summed E-state index contributed by atoms with van der Waals surface area (Å²) >= 11 is 0. The number of nitrogens with one attached hydrogen (secondary N) is 2. The summed E-state index contributed by atoms with van der Waals surface area (Å²) in [6, 6.07) is 18.7. The van der Waals surface area contributed by atoms with Crippen LogP contribution in [-0.4, -0.2) is 27.6 Å². The van der Waals surface area contributed by atoms with Crippen LogP contribution in [0.4, 0.5) is 11.5 Å². The number of rotatable bonds is 7. The molecule has 2 aromatic carbocycles. The Morgan fingerprint density at radius 3 is 2.47 bits per heavy atom. The molecule has 0 saturated carbocycles. The lowest BCUT2D eigenvalue weighted by atomic mass is 10.0. The topological polar surface area (TPSA) is 81.1 Å². The first-order chi connectivity index (χ1) is 15.5. The van der Waals surface area contributed by atoms with Crippen LogP contribution in [-0.2, 0) is 7.05 Å². The average molecular weight is 428 g/mol. The van der Waals surface area contributed by atoms with Gasteiger partial charge >= 0.3 is 0 Å². The van der Waals surface area contributed by atoms with Gasteiger partial charge in [-0.2, -0.15) is 0 Å². The smallest absolute Gasteiger partial charge is 0.257 e. The average Bonchev–Trinajstić information content (AvgIpc) is 3.25. The molecule has 1 amide bonds. The molecule has 7 nitrogen and oxygen atoms in total. The Hall–Kier alpha value is -4.13. The number of nitrogens with zero attached hydrogens (tertiary/aromatic N) is 3. The minimum absolute atomic E-state index is 0.210. The number of carbonyl (C=O) groups excluding carboxylic acids is 1. The molecule has 4 rings (SSSR count). The number of ether oxygens (including phenoxy) is 1. The second kappa shape index (κ2) is 9.34. The van der Waals surface area contributed by atoms with Crippen molar-refractivity contribution >= 4 is 17.4 Å². The number of benzene rings is 2. The molecule has 0 spiro atoms. The summed E-state index contributed by atoms with van der Waals surface area (Å²) in [5, 5.41) is 6.32. The highest BCUT2D eigenvalue weighted by molar-refractivity contribution is 6.04. The van der Waals surface area contributed by atoms with Crippen LogP contribution in [0.1, 0.15) is 33.4 Å². The molecule has 1 atom stereocenters. The van der Waals surface area contributed by atoms with Gasteiger partial charge in [-0.05, 0) is 37.3 Å². The largest absolute Gasteiger partial charge is 0.496 e. The van der Waals surface area contributed by atoms with Gasteiger partial charge in [0.15, 0.2) is 0 Å². The maximum absolute atomic E-state index is 12.6. The van der Waals surface area contributed by atoms with Crippen LogP contribution in [0.5, 0.6) is 5.75 Å². The number of methoxy groups -OCH3 is 1. The van der Waals surface area contributed by atoms with E-state index in [1.807, 2.05) is 73.3 Å². The second-order valence-electron chi connectivity index (χ2n) is 7.47. The van der Waals surface area contributed by atoms with Crippen molar-refractivity contribution < 1.29 is 9.53 Å². The number of hydrogen-bond acceptors (Lipinski definition) is 5. The predicted molar refractivity (Wildman–Crippen MR) is 125 cm³/mol. The summed E-state index contributed by atoms with van der Waals surface area (Å²) in [5.41, 5.74) is 3.29. The lowest BCUT2D eigenvalue weighted by Crippen LogP contribution is -2.18. The number of carbonyl (C=O) groups is 1. The molecular formula is C25H25N5O2. The normalized spacial score (nSPS) is 11.6. The van der Waals surface area contributed by atoms with E-state index < -0.39 is 0 Å². The van der Waals surface area contributed by atoms with Gasteiger partial charge < -0.3 is 19.9 Å². The minimum atomic E-state index is -0.286. The van der Waals surface area contributed by atoms with E-state index in [0.29, 0.717) is 11.4 Å². The Bertz CT molecular complexity index is 1200. The van der Waals surface area contributed by atoms with E-state index in [2.05, 4.69) is 20.6 Å². The number of pyridine rings is 1. The Morgan fingerprint density at radius 1 is 1.03 bits per heavy atom. The number of anilines is 2. The van der Waals surface area contributed by atoms with Gasteiger partial charge in [-0.3, -0.25) is 4.79 Å². The molecule has 2 heterocycles. The van der Waals surface area contributed by atoms with Crippen LogP contribution in [0.15, 0.2) is 79.3 Å². The van der Waals surface area contributed by atoms with Crippen molar-refractivity contribution in [2.24, 2.45) is 7.05 Å². The van der Waals surface area contributed by atoms with Crippen molar-refractivity contribution in [3.63, 3.8) is 0 Å². The van der Waals surface area contributed by atoms with Crippen molar-refractivity contribution in [1.82, 2.24) is 14.5 Å². The van der Waals surface area contributed by atoms with E-state index >= 15 is 0 Å². The molecule has 2 N–H and O–H groups in total. The fourth-order valence-corrected chi connectivity index (χ4v) is 3.44. The standard InChI is InChI=1S/C25H25N5O2/c1-17-8-11-19(12-9-17)28-25(31)18-10-13-22(27-16-18)29-23(24-26-14-15-30(24)2)20-6-4-5-7-21(20)32-3/h4-16,23H,1-3H3,(H,27,29)(H,28,31). The highest BCUT2D eigenvalue weighted by atomic mass is 16.5. The molecule has 4 aromatic rings. The van der Waals surface area contributed by atoms with Gasteiger partial charge in [0.05, 0.1) is 12.7 Å². The number of imidazole rings is 1. The predicted octanol–water partition coefficient (Wildman–Crippen LogP) is 4.59. The van der Waals surface area contributed by atoms with Crippen molar-refractivity contribution in [2.75, 3.05) is 17.7 Å². The molecule has 32 heavy (non-hydrogen) atoms. The van der Waals surface area contributed by atoms with Gasteiger partial charge in [0.25, 0.3) is 5.91 Å². The van der Waals surface area contributed by atoms with Gasteiger partial charge in [0.1, 0.15) is 23.4 Å². The van der Waals surface area contributed by atoms with Gasteiger partial charge in [-0.15, -0.1) is 0 Å². The van der Waals surface area contributed by atoms with Crippen molar-refractivity contribution in [2.45, 2.75) is 13.0 Å². The Labute approximate surface area is 187 Å². The molecule has 0 aliphatic carbocycles. The number of aryl methyl sites for hydroxylation is 2. The highest BCUT2D eigenvalue weighted by Crippen LogP contribution is 2.31. The fraction of sp³-hybridized carbons (Fsp3) is 0.160. The summed E-state index contributed by atoms with van der Waals surface area (Å²) in [6.45, 7) is 2.00. The first kappa shape index (κ1) is 21.1. The van der Waals surface area contributed by atoms with Crippen LogP contribution >= 0.6 is 0 Å². The zero-order chi connectivity index (χ0) is 22.5. The summed E-state index contributed by atoms with van der Waals surface area (Å²) in [4.78, 5) is 21.5. The first-order valence-corrected chi connectivity index (χ1v) is 10.3. The van der Waals surface area contributed by atoms with Gasteiger partial charge in [0, 0.05) is 36.9 Å². The minimum Gasteiger partial charge on any atom is -0.496 e. The third kappa shape index (κ3) is 4.62. The zero-order valence-electron chi connectivity index (χ0n) is 18.2. The number of hydrogen-bond donors (Lipinski definition) is 2. The molecule has 2 aromatic heterocycles. The van der Waals surface area contributed by atoms with E-state index in [0.717, 1.165) is 28.4 Å². The molecule has 0 bridgehead atoms. The zero-order valence-corrected chi connectivity index (χ0v) is 18.2. The van der Waals surface area contributed by atoms with Crippen molar-refractivity contribution in [3.8, 4) is 5.75 Å². The van der Waals surface area contributed by atoms with E-state index in [9.17, 15) is 4.79 Å². The second-order valence-corrected chi connectivity index (χ2v) is 7.47. The Morgan fingerprint density at radius 2 is 1.81 bits per heavy atom. The molecular weight excluding hydrogens is 402 g/mol. The van der Waals surface area contributed by atoms with Crippen LogP contribution in [0.3, 0.4) is 0 Å². The highest BCUT2D eigenvalue weighted by Gasteiger charge is 2.22. The van der Waals surface area contributed by atoms with Crippen LogP contribution in [0.2, 0.25) is 0 Å². The quantitative estimate of drug-likeness (QED) is 0.451. The molecule has 0 fully saturated rings. The summed E-state index contributed by atoms with van der Waals surface area (Å²) in [6.07, 6.45) is 5.21. The fourth-order valence-electron chi connectivity index (χ4n) is 3.44. The monoisotopic (exact) mass is 427 g/mol. The lowest BCUT2D eigenvalue weighted by Gasteiger charge is -2.21. The van der Waals surface area contributed by atoms with Crippen LogP contribution in [0.25, 0.3) is 0 Å². The van der Waals surface area contributed by atoms with Gasteiger partial charge in [-0.25, -0.2) is 9.97 Å². The van der Waals surface area contributed by atoms with Crippen LogP contribution < -0.4 is 15.4 Å². The molecule has 7 heteroatoms. The third-order valence-corrected chi connectivity index (χ3v) is 5.19. The Balaban J connectivity index is 1.56. The maximum atomic E-state index is 12.6. The van der Waals surface area contributed by atoms with Gasteiger partial charge in [-0.1, -0.05) is 35.9 Å². The van der Waals surface area contributed by atoms with E-state index in [1.165, 1.54) is 0 Å². The molecule has 162 valence electrons. The molecule has 0 radical (unpaired) electrons. The van der Waals surface area contributed by atoms with Crippen LogP contribution in [0, 0.1) is 6.92 Å². The summed E-state index contributed by atoms with van der Waals surface area (Å²) in [5.74, 6) is 1.98. The molecule has 1 unspecified atom stereocenters. The first-order valence-electron chi connectivity index (χ1n) is 10.3. The van der Waals surface area contributed by atoms with Gasteiger partial charge in [0.2, 0.25) is 0 Å². The van der Waals surface area contributed by atoms with Crippen molar-refractivity contribution in [1.29, 1.82) is 0 Å².